The summed E-state index contributed by atoms with van der Waals surface area (Å²) < 4.78 is 0. The summed E-state index contributed by atoms with van der Waals surface area (Å²) in [6, 6.07) is 16.8. The van der Waals surface area contributed by atoms with Crippen LogP contribution in [0.5, 0.6) is 0 Å². The first kappa shape index (κ1) is 14.1. The summed E-state index contributed by atoms with van der Waals surface area (Å²) in [5.74, 6) is 0. The van der Waals surface area contributed by atoms with Crippen molar-refractivity contribution in [3.63, 3.8) is 0 Å². The van der Waals surface area contributed by atoms with Crippen LogP contribution in [-0.4, -0.2) is 0 Å². The summed E-state index contributed by atoms with van der Waals surface area (Å²) in [4.78, 5) is 0. The van der Waals surface area contributed by atoms with Crippen molar-refractivity contribution in [1.29, 1.82) is 0 Å². The van der Waals surface area contributed by atoms with Crippen molar-refractivity contribution in [2.75, 3.05) is 0 Å². The van der Waals surface area contributed by atoms with E-state index in [2.05, 4.69) is 51.1 Å². The van der Waals surface area contributed by atoms with Crippen LogP contribution in [0, 0.1) is 5.41 Å². The minimum Gasteiger partial charge on any atom is -0.0840 e. The highest BCUT2D eigenvalue weighted by Gasteiger charge is 2.14. The molecule has 0 atom stereocenters. The van der Waals surface area contributed by atoms with Gasteiger partial charge in [-0.1, -0.05) is 74.8 Å². The maximum Gasteiger partial charge on any atom is 0.0441 e. The highest BCUT2D eigenvalue weighted by Crippen LogP contribution is 2.26. The van der Waals surface area contributed by atoms with E-state index in [0.717, 1.165) is 17.9 Å². The zero-order valence-corrected chi connectivity index (χ0v) is 12.7. The van der Waals surface area contributed by atoms with Crippen LogP contribution in [0.15, 0.2) is 48.5 Å². The van der Waals surface area contributed by atoms with E-state index in [9.17, 15) is 0 Å². The fourth-order valence-corrected chi connectivity index (χ4v) is 2.52. The lowest BCUT2D eigenvalue weighted by Gasteiger charge is -2.20. The van der Waals surface area contributed by atoms with Crippen LogP contribution in [0.3, 0.4) is 0 Å². The van der Waals surface area contributed by atoms with Gasteiger partial charge in [0.25, 0.3) is 0 Å². The summed E-state index contributed by atoms with van der Waals surface area (Å²) in [5, 5.41) is 0.855. The predicted molar refractivity (Wildman–Crippen MR) is 83.9 cm³/mol. The molecule has 0 amide bonds. The average Bonchev–Trinajstić information content (AvgIpc) is 2.33. The Bertz CT molecular complexity index is 550. The van der Waals surface area contributed by atoms with Gasteiger partial charge in [-0.05, 0) is 41.0 Å². The van der Waals surface area contributed by atoms with Gasteiger partial charge in [-0.15, -0.1) is 0 Å². The first-order valence-electron chi connectivity index (χ1n) is 6.76. The van der Waals surface area contributed by atoms with E-state index in [-0.39, 0.29) is 0 Å². The van der Waals surface area contributed by atoms with Crippen molar-refractivity contribution in [2.24, 2.45) is 5.41 Å². The normalized spacial score (nSPS) is 11.6. The van der Waals surface area contributed by atoms with Gasteiger partial charge in [0.1, 0.15) is 0 Å². The molecule has 0 unspecified atom stereocenters. The molecule has 2 rings (SSSR count). The molecular weight excluding hydrogens is 252 g/mol. The lowest BCUT2D eigenvalue weighted by molar-refractivity contribution is 0.410. The van der Waals surface area contributed by atoms with Gasteiger partial charge in [-0.25, -0.2) is 0 Å². The standard InChI is InChI=1S/C18H21Cl/c1-18(2,3)13-16-10-5-4-8-14(16)12-15-9-6-7-11-17(15)19/h4-11H,12-13H2,1-3H3. The number of rotatable bonds is 3. The smallest absolute Gasteiger partial charge is 0.0441 e. The molecule has 0 spiro atoms. The zero-order chi connectivity index (χ0) is 13.9. The molecule has 2 aromatic carbocycles. The first-order chi connectivity index (χ1) is 8.96. The predicted octanol–water partition coefficient (Wildman–Crippen LogP) is 5.52. The van der Waals surface area contributed by atoms with Crippen molar-refractivity contribution >= 4 is 11.6 Å². The van der Waals surface area contributed by atoms with Gasteiger partial charge < -0.3 is 0 Å². The molecule has 0 saturated heterocycles. The number of hydrogen-bond donors (Lipinski definition) is 0. The van der Waals surface area contributed by atoms with Crippen LogP contribution in [-0.2, 0) is 12.8 Å². The molecule has 2 aromatic rings. The molecule has 0 aliphatic rings. The Morgan fingerprint density at radius 3 is 1.89 bits per heavy atom. The maximum atomic E-state index is 6.26. The molecule has 0 heterocycles. The fraction of sp³-hybridized carbons (Fsp3) is 0.333. The molecule has 0 fully saturated rings. The van der Waals surface area contributed by atoms with Crippen LogP contribution in [0.1, 0.15) is 37.5 Å². The van der Waals surface area contributed by atoms with Crippen LogP contribution in [0.2, 0.25) is 5.02 Å². The summed E-state index contributed by atoms with van der Waals surface area (Å²) >= 11 is 6.26. The van der Waals surface area contributed by atoms with E-state index in [0.29, 0.717) is 5.41 Å². The van der Waals surface area contributed by atoms with Gasteiger partial charge in [0, 0.05) is 5.02 Å². The van der Waals surface area contributed by atoms with Gasteiger partial charge >= 0.3 is 0 Å². The van der Waals surface area contributed by atoms with E-state index in [1.807, 2.05) is 18.2 Å². The van der Waals surface area contributed by atoms with Crippen molar-refractivity contribution in [3.05, 3.63) is 70.2 Å². The van der Waals surface area contributed by atoms with Crippen LogP contribution in [0.4, 0.5) is 0 Å². The molecular formula is C18H21Cl. The lowest BCUT2D eigenvalue weighted by atomic mass is 9.85. The molecule has 0 bridgehead atoms. The molecule has 0 radical (unpaired) electrons. The number of halogens is 1. The second kappa shape index (κ2) is 5.79. The quantitative estimate of drug-likeness (QED) is 0.690. The van der Waals surface area contributed by atoms with Gasteiger partial charge in [0.15, 0.2) is 0 Å². The lowest BCUT2D eigenvalue weighted by Crippen LogP contribution is -2.11. The number of benzene rings is 2. The molecule has 19 heavy (non-hydrogen) atoms. The minimum atomic E-state index is 0.302. The Balaban J connectivity index is 2.28. The molecule has 0 aromatic heterocycles. The Morgan fingerprint density at radius 2 is 1.32 bits per heavy atom. The van der Waals surface area contributed by atoms with Gasteiger partial charge in [-0.2, -0.15) is 0 Å². The molecule has 0 saturated carbocycles. The van der Waals surface area contributed by atoms with Crippen LogP contribution < -0.4 is 0 Å². The molecule has 0 nitrogen and oxygen atoms in total. The fourth-order valence-electron chi connectivity index (χ4n) is 2.32. The van der Waals surface area contributed by atoms with Crippen molar-refractivity contribution in [1.82, 2.24) is 0 Å². The average molecular weight is 273 g/mol. The SMILES string of the molecule is CC(C)(C)Cc1ccccc1Cc1ccccc1Cl. The molecule has 0 aliphatic heterocycles. The number of hydrogen-bond acceptors (Lipinski definition) is 0. The Hall–Kier alpha value is -1.27. The highest BCUT2D eigenvalue weighted by atomic mass is 35.5. The minimum absolute atomic E-state index is 0.302. The molecule has 100 valence electrons. The molecule has 0 N–H and O–H groups in total. The van der Waals surface area contributed by atoms with E-state index in [1.54, 1.807) is 0 Å². The second-order valence-electron chi connectivity index (χ2n) is 6.27. The Morgan fingerprint density at radius 1 is 0.789 bits per heavy atom. The molecule has 0 aliphatic carbocycles. The highest BCUT2D eigenvalue weighted by molar-refractivity contribution is 6.31. The van der Waals surface area contributed by atoms with Crippen molar-refractivity contribution in [3.8, 4) is 0 Å². The van der Waals surface area contributed by atoms with Crippen LogP contribution in [0.25, 0.3) is 0 Å². The largest absolute Gasteiger partial charge is 0.0840 e. The topological polar surface area (TPSA) is 0 Å². The third-order valence-corrected chi connectivity index (χ3v) is 3.55. The first-order valence-corrected chi connectivity index (χ1v) is 7.14. The van der Waals surface area contributed by atoms with E-state index in [4.69, 9.17) is 11.6 Å². The molecule has 1 heteroatoms. The Kier molecular flexibility index (Phi) is 4.31. The second-order valence-corrected chi connectivity index (χ2v) is 6.68. The summed E-state index contributed by atoms with van der Waals surface area (Å²) in [6.07, 6.45) is 2.00. The van der Waals surface area contributed by atoms with E-state index < -0.39 is 0 Å². The summed E-state index contributed by atoms with van der Waals surface area (Å²) in [6.45, 7) is 6.83. The van der Waals surface area contributed by atoms with E-state index >= 15 is 0 Å². The van der Waals surface area contributed by atoms with Gasteiger partial charge in [0.2, 0.25) is 0 Å². The van der Waals surface area contributed by atoms with Gasteiger partial charge in [-0.3, -0.25) is 0 Å². The van der Waals surface area contributed by atoms with Crippen molar-refractivity contribution < 1.29 is 0 Å². The van der Waals surface area contributed by atoms with Gasteiger partial charge in [0.05, 0.1) is 0 Å². The van der Waals surface area contributed by atoms with Crippen LogP contribution >= 0.6 is 11.6 Å². The third kappa shape index (κ3) is 4.11. The summed E-state index contributed by atoms with van der Waals surface area (Å²) in [5.41, 5.74) is 4.31. The maximum absolute atomic E-state index is 6.26. The van der Waals surface area contributed by atoms with E-state index in [1.165, 1.54) is 16.7 Å². The monoisotopic (exact) mass is 272 g/mol. The zero-order valence-electron chi connectivity index (χ0n) is 11.9. The summed E-state index contributed by atoms with van der Waals surface area (Å²) in [7, 11) is 0. The third-order valence-electron chi connectivity index (χ3n) is 3.18. The Labute approximate surface area is 121 Å². The van der Waals surface area contributed by atoms with Crippen molar-refractivity contribution in [2.45, 2.75) is 33.6 Å².